The van der Waals surface area contributed by atoms with Crippen LogP contribution in [0.25, 0.3) is 22.6 Å². The summed E-state index contributed by atoms with van der Waals surface area (Å²) in [6, 6.07) is 11.2. The summed E-state index contributed by atoms with van der Waals surface area (Å²) >= 11 is 0. The molecule has 0 amide bonds. The van der Waals surface area contributed by atoms with Crippen LogP contribution >= 0.6 is 0 Å². The predicted octanol–water partition coefficient (Wildman–Crippen LogP) is 3.49. The topological polar surface area (TPSA) is 86.3 Å². The zero-order valence-corrected chi connectivity index (χ0v) is 18.4. The molecule has 0 unspecified atom stereocenters. The summed E-state index contributed by atoms with van der Waals surface area (Å²) in [5, 5.41) is 9.71. The average Bonchev–Trinajstić information content (AvgIpc) is 3.24. The molecule has 0 spiro atoms. The lowest BCUT2D eigenvalue weighted by atomic mass is 10.0. The summed E-state index contributed by atoms with van der Waals surface area (Å²) in [5.74, 6) is 3.25. The summed E-state index contributed by atoms with van der Waals surface area (Å²) in [7, 11) is -3.64. The van der Waals surface area contributed by atoms with Crippen molar-refractivity contribution in [1.29, 1.82) is 0 Å². The molecule has 0 saturated carbocycles. The van der Waals surface area contributed by atoms with E-state index in [9.17, 15) is 13.5 Å². The number of aryl methyl sites for hydroxylation is 2. The molecule has 4 rings (SSSR count). The average molecular weight is 436 g/mol. The van der Waals surface area contributed by atoms with Gasteiger partial charge in [0, 0.05) is 36.0 Å². The Bertz CT molecular complexity index is 1260. The molecule has 0 radical (unpaired) electrons. The summed E-state index contributed by atoms with van der Waals surface area (Å²) in [6.07, 6.45) is 7.79. The smallest absolute Gasteiger partial charge is 0.243 e. The van der Waals surface area contributed by atoms with E-state index in [4.69, 9.17) is 6.42 Å². The van der Waals surface area contributed by atoms with E-state index in [2.05, 4.69) is 15.9 Å². The van der Waals surface area contributed by atoms with Gasteiger partial charge < -0.3 is 10.1 Å². The van der Waals surface area contributed by atoms with Crippen molar-refractivity contribution in [1.82, 2.24) is 14.3 Å². The second-order valence-corrected chi connectivity index (χ2v) is 9.83. The molecule has 2 N–H and O–H groups in total. The minimum absolute atomic E-state index is 0.272. The number of rotatable bonds is 4. The Morgan fingerprint density at radius 1 is 1.10 bits per heavy atom. The maximum atomic E-state index is 13.2. The number of H-pyrrole nitrogens is 1. The Labute approximate surface area is 183 Å². The highest BCUT2D eigenvalue weighted by molar-refractivity contribution is 7.89. The van der Waals surface area contributed by atoms with E-state index in [1.54, 1.807) is 25.3 Å². The van der Waals surface area contributed by atoms with Crippen LogP contribution < -0.4 is 0 Å². The van der Waals surface area contributed by atoms with Crippen LogP contribution in [0.4, 0.5) is 0 Å². The maximum absolute atomic E-state index is 13.2. The Kier molecular flexibility index (Phi) is 5.71. The molecular weight excluding hydrogens is 410 g/mol. The number of piperidine rings is 1. The zero-order valence-electron chi connectivity index (χ0n) is 17.6. The quantitative estimate of drug-likeness (QED) is 0.615. The van der Waals surface area contributed by atoms with Crippen molar-refractivity contribution < 1.29 is 13.5 Å². The van der Waals surface area contributed by atoms with Gasteiger partial charge in [-0.3, -0.25) is 0 Å². The molecule has 1 saturated heterocycles. The number of sulfonamides is 1. The summed E-state index contributed by atoms with van der Waals surface area (Å²) in [4.78, 5) is 8.10. The Morgan fingerprint density at radius 3 is 2.48 bits per heavy atom. The first-order valence-electron chi connectivity index (χ1n) is 10.2. The minimum Gasteiger partial charge on any atom is -0.393 e. The van der Waals surface area contributed by atoms with Crippen molar-refractivity contribution in [3.05, 3.63) is 59.3 Å². The highest BCUT2D eigenvalue weighted by Gasteiger charge is 2.30. The minimum atomic E-state index is -3.64. The highest BCUT2D eigenvalue weighted by Crippen LogP contribution is 2.29. The van der Waals surface area contributed by atoms with E-state index in [1.165, 1.54) is 4.31 Å². The fourth-order valence-electron chi connectivity index (χ4n) is 3.85. The number of hydrogen-bond donors (Lipinski definition) is 2. The SMILES string of the molecule is C#Cc1ccc(-c2c[nH]c(-c3ccc(C)c(S(=O)(=O)N4CCC(O)CC4)c3)n2)cc1C. The van der Waals surface area contributed by atoms with Gasteiger partial charge >= 0.3 is 0 Å². The van der Waals surface area contributed by atoms with Gasteiger partial charge in [-0.05, 0) is 56.0 Å². The number of aromatic nitrogens is 2. The third-order valence-electron chi connectivity index (χ3n) is 5.76. The van der Waals surface area contributed by atoms with E-state index in [0.717, 1.165) is 22.4 Å². The van der Waals surface area contributed by atoms with Gasteiger partial charge in [-0.15, -0.1) is 6.42 Å². The van der Waals surface area contributed by atoms with Gasteiger partial charge in [0.15, 0.2) is 0 Å². The van der Waals surface area contributed by atoms with E-state index < -0.39 is 16.1 Å². The van der Waals surface area contributed by atoms with Crippen LogP contribution in [0.1, 0.15) is 29.5 Å². The van der Waals surface area contributed by atoms with Crippen molar-refractivity contribution in [2.75, 3.05) is 13.1 Å². The largest absolute Gasteiger partial charge is 0.393 e. The van der Waals surface area contributed by atoms with Crippen LogP contribution in [0.3, 0.4) is 0 Å². The van der Waals surface area contributed by atoms with Crippen LogP contribution in [-0.4, -0.2) is 47.0 Å². The summed E-state index contributed by atoms with van der Waals surface area (Å²) in [5.41, 5.74) is 4.92. The van der Waals surface area contributed by atoms with Crippen molar-refractivity contribution >= 4 is 10.0 Å². The second-order valence-electron chi connectivity index (χ2n) is 7.92. The molecule has 3 aromatic rings. The first-order chi connectivity index (χ1) is 14.8. The maximum Gasteiger partial charge on any atom is 0.243 e. The molecule has 6 nitrogen and oxygen atoms in total. The molecule has 1 aliphatic heterocycles. The lowest BCUT2D eigenvalue weighted by Gasteiger charge is -2.29. The van der Waals surface area contributed by atoms with Crippen LogP contribution in [0, 0.1) is 26.2 Å². The number of aliphatic hydroxyl groups excluding tert-OH is 1. The molecule has 160 valence electrons. The molecule has 1 aliphatic rings. The van der Waals surface area contributed by atoms with Crippen LogP contribution in [0.2, 0.25) is 0 Å². The molecular formula is C24H25N3O3S. The fraction of sp³-hybridized carbons (Fsp3) is 0.292. The van der Waals surface area contributed by atoms with Crippen molar-refractivity contribution in [2.45, 2.75) is 37.7 Å². The number of aliphatic hydroxyl groups is 1. The lowest BCUT2D eigenvalue weighted by Crippen LogP contribution is -2.40. The van der Waals surface area contributed by atoms with Crippen molar-refractivity contribution in [2.24, 2.45) is 0 Å². The third kappa shape index (κ3) is 4.15. The first-order valence-corrected chi connectivity index (χ1v) is 11.7. The Hall–Kier alpha value is -2.92. The van der Waals surface area contributed by atoms with Gasteiger partial charge in [0.05, 0.1) is 16.7 Å². The standard InChI is InChI=1S/C24H25N3O3S/c1-4-18-7-8-19(13-17(18)3)22-15-25-24(26-22)20-6-5-16(2)23(14-20)31(29,30)27-11-9-21(28)10-12-27/h1,5-8,13-15,21,28H,9-12H2,2-3H3,(H,25,26). The van der Waals surface area contributed by atoms with Gasteiger partial charge in [0.2, 0.25) is 10.0 Å². The van der Waals surface area contributed by atoms with Gasteiger partial charge in [-0.1, -0.05) is 24.1 Å². The monoisotopic (exact) mass is 435 g/mol. The number of terminal acetylenes is 1. The Balaban J connectivity index is 1.66. The van der Waals surface area contributed by atoms with Gasteiger partial charge in [-0.25, -0.2) is 13.4 Å². The number of aromatic amines is 1. The molecule has 0 bridgehead atoms. The van der Waals surface area contributed by atoms with E-state index in [0.29, 0.717) is 42.9 Å². The molecule has 1 aromatic heterocycles. The third-order valence-corrected chi connectivity index (χ3v) is 7.80. The molecule has 0 atom stereocenters. The highest BCUT2D eigenvalue weighted by atomic mass is 32.2. The van der Waals surface area contributed by atoms with Crippen LogP contribution in [0.5, 0.6) is 0 Å². The normalized spacial score (nSPS) is 15.7. The zero-order chi connectivity index (χ0) is 22.2. The van der Waals surface area contributed by atoms with Crippen LogP contribution in [0.15, 0.2) is 47.5 Å². The molecule has 1 fully saturated rings. The van der Waals surface area contributed by atoms with Gasteiger partial charge in [-0.2, -0.15) is 4.31 Å². The second kappa shape index (κ2) is 8.31. The van der Waals surface area contributed by atoms with Gasteiger partial charge in [0.1, 0.15) is 5.82 Å². The number of imidazole rings is 1. The number of benzene rings is 2. The lowest BCUT2D eigenvalue weighted by molar-refractivity contribution is 0.113. The number of nitrogens with one attached hydrogen (secondary N) is 1. The van der Waals surface area contributed by atoms with E-state index >= 15 is 0 Å². The molecule has 2 aromatic carbocycles. The van der Waals surface area contributed by atoms with Gasteiger partial charge in [0.25, 0.3) is 0 Å². The summed E-state index contributed by atoms with van der Waals surface area (Å²) < 4.78 is 27.9. The number of nitrogens with zero attached hydrogens (tertiary/aromatic N) is 2. The predicted molar refractivity (Wildman–Crippen MR) is 121 cm³/mol. The van der Waals surface area contributed by atoms with E-state index in [-0.39, 0.29) is 4.90 Å². The van der Waals surface area contributed by atoms with Crippen molar-refractivity contribution in [3.8, 4) is 35.0 Å². The molecule has 31 heavy (non-hydrogen) atoms. The fourth-order valence-corrected chi connectivity index (χ4v) is 5.57. The van der Waals surface area contributed by atoms with E-state index in [1.807, 2.05) is 31.2 Å². The molecule has 2 heterocycles. The first kappa shape index (κ1) is 21.3. The summed E-state index contributed by atoms with van der Waals surface area (Å²) in [6.45, 7) is 4.40. The van der Waals surface area contributed by atoms with Crippen LogP contribution in [-0.2, 0) is 10.0 Å². The molecule has 7 heteroatoms. The molecule has 0 aliphatic carbocycles. The van der Waals surface area contributed by atoms with Crippen molar-refractivity contribution in [3.63, 3.8) is 0 Å². The number of hydrogen-bond acceptors (Lipinski definition) is 4. The Morgan fingerprint density at radius 2 is 1.81 bits per heavy atom.